The van der Waals surface area contributed by atoms with Gasteiger partial charge in [0.05, 0.1) is 5.69 Å². The summed E-state index contributed by atoms with van der Waals surface area (Å²) in [5, 5.41) is 21.0. The van der Waals surface area contributed by atoms with Gasteiger partial charge in [-0.05, 0) is 6.92 Å². The quantitative estimate of drug-likeness (QED) is 0.376. The molecule has 0 bridgehead atoms. The number of hydrogen-bond acceptors (Lipinski definition) is 3. The number of aromatic hydroxyl groups is 2. The number of guanidine groups is 1. The third-order valence-corrected chi connectivity index (χ3v) is 2.32. The molecule has 0 heterocycles. The summed E-state index contributed by atoms with van der Waals surface area (Å²) in [4.78, 5) is 14.5. The van der Waals surface area contributed by atoms with Crippen LogP contribution in [0.1, 0.15) is 5.56 Å². The Morgan fingerprint density at radius 1 is 1.41 bits per heavy atom. The van der Waals surface area contributed by atoms with E-state index in [-0.39, 0.29) is 27.8 Å². The number of rotatable bonds is 1. The van der Waals surface area contributed by atoms with Crippen molar-refractivity contribution in [1.29, 1.82) is 0 Å². The number of nitrogens with one attached hydrogen (secondary N) is 1. The Morgan fingerprint density at radius 3 is 2.53 bits per heavy atom. The molecule has 1 aromatic rings. The number of nitrogens with two attached hydrogens (primary N) is 2. The second-order valence-corrected chi connectivity index (χ2v) is 3.57. The maximum Gasteiger partial charge on any atom is 0.348 e. The third-order valence-electron chi connectivity index (χ3n) is 1.94. The van der Waals surface area contributed by atoms with E-state index < -0.39 is 12.0 Å². The summed E-state index contributed by atoms with van der Waals surface area (Å²) in [5.41, 5.74) is 10.4. The van der Waals surface area contributed by atoms with Crippen LogP contribution in [0.4, 0.5) is 10.5 Å². The number of aliphatic imine (C=N–C) groups is 1. The molecule has 0 aliphatic heterocycles. The van der Waals surface area contributed by atoms with Crippen LogP contribution in [-0.2, 0) is 0 Å². The molecular weight excluding hydrogens is 248 g/mol. The van der Waals surface area contributed by atoms with Crippen molar-refractivity contribution in [2.45, 2.75) is 6.92 Å². The number of carbonyl (C=O) groups is 1. The minimum absolute atomic E-state index is 0.0409. The van der Waals surface area contributed by atoms with Crippen molar-refractivity contribution in [3.8, 4) is 11.5 Å². The number of halogens is 1. The van der Waals surface area contributed by atoms with Crippen LogP contribution in [0.5, 0.6) is 11.5 Å². The molecule has 1 aromatic carbocycles. The van der Waals surface area contributed by atoms with Gasteiger partial charge in [0.15, 0.2) is 5.96 Å². The largest absolute Gasteiger partial charge is 0.507 e. The zero-order valence-corrected chi connectivity index (χ0v) is 9.62. The van der Waals surface area contributed by atoms with Gasteiger partial charge in [-0.15, -0.1) is 0 Å². The molecule has 0 atom stereocenters. The van der Waals surface area contributed by atoms with Crippen molar-refractivity contribution in [3.05, 3.63) is 16.7 Å². The molecule has 0 spiro atoms. The molecule has 0 aliphatic rings. The van der Waals surface area contributed by atoms with Crippen LogP contribution in [0.3, 0.4) is 0 Å². The smallest absolute Gasteiger partial charge is 0.348 e. The highest BCUT2D eigenvalue weighted by Gasteiger charge is 2.15. The fraction of sp³-hybridized carbons (Fsp3) is 0.111. The molecular formula is C9H11ClN4O3. The maximum atomic E-state index is 11.3. The molecule has 8 heteroatoms. The van der Waals surface area contributed by atoms with Gasteiger partial charge in [-0.25, -0.2) is 4.79 Å². The highest BCUT2D eigenvalue weighted by Crippen LogP contribution is 2.39. The Bertz CT molecular complexity index is 471. The number of carbonyl (C=O) groups excluding carboxylic acids is 1. The Hall–Kier alpha value is -2.15. The summed E-state index contributed by atoms with van der Waals surface area (Å²) in [6.07, 6.45) is 0. The van der Waals surface area contributed by atoms with Gasteiger partial charge in [-0.1, -0.05) is 11.6 Å². The molecule has 92 valence electrons. The van der Waals surface area contributed by atoms with Crippen molar-refractivity contribution in [3.63, 3.8) is 0 Å². The molecule has 1 rings (SSSR count). The summed E-state index contributed by atoms with van der Waals surface area (Å²) in [6.45, 7) is 1.51. The van der Waals surface area contributed by atoms with Gasteiger partial charge in [0, 0.05) is 11.6 Å². The van der Waals surface area contributed by atoms with Crippen molar-refractivity contribution >= 4 is 29.3 Å². The number of amides is 2. The fourth-order valence-corrected chi connectivity index (χ4v) is 1.37. The van der Waals surface area contributed by atoms with Gasteiger partial charge in [0.1, 0.15) is 16.5 Å². The lowest BCUT2D eigenvalue weighted by Gasteiger charge is -2.11. The number of urea groups is 1. The molecule has 0 aliphatic carbocycles. The number of benzene rings is 1. The van der Waals surface area contributed by atoms with Crippen molar-refractivity contribution in [2.24, 2.45) is 16.5 Å². The van der Waals surface area contributed by atoms with Gasteiger partial charge in [-0.3, -0.25) is 0 Å². The first-order chi connectivity index (χ1) is 7.82. The summed E-state index contributed by atoms with van der Waals surface area (Å²) in [5.74, 6) is -0.998. The van der Waals surface area contributed by atoms with Gasteiger partial charge >= 0.3 is 6.03 Å². The molecule has 0 radical (unpaired) electrons. The first-order valence-corrected chi connectivity index (χ1v) is 4.82. The maximum absolute atomic E-state index is 11.3. The highest BCUT2D eigenvalue weighted by molar-refractivity contribution is 6.35. The molecule has 7 nitrogen and oxygen atoms in total. The Kier molecular flexibility index (Phi) is 3.64. The molecule has 0 aromatic heterocycles. The number of hydrogen-bond donors (Lipinski definition) is 5. The van der Waals surface area contributed by atoms with Gasteiger partial charge < -0.3 is 27.0 Å². The Morgan fingerprint density at radius 2 is 2.00 bits per heavy atom. The van der Waals surface area contributed by atoms with Crippen molar-refractivity contribution in [2.75, 3.05) is 5.32 Å². The SMILES string of the molecule is Cc1c(O)cc(O)c(Cl)c1NC(=O)N=C(N)N. The minimum Gasteiger partial charge on any atom is -0.507 e. The van der Waals surface area contributed by atoms with Crippen LogP contribution in [0.2, 0.25) is 5.02 Å². The topological polar surface area (TPSA) is 134 Å². The van der Waals surface area contributed by atoms with E-state index in [1.165, 1.54) is 6.92 Å². The molecule has 0 unspecified atom stereocenters. The lowest BCUT2D eigenvalue weighted by molar-refractivity contribution is 0.259. The van der Waals surface area contributed by atoms with Crippen LogP contribution in [0, 0.1) is 6.92 Å². The van der Waals surface area contributed by atoms with E-state index in [4.69, 9.17) is 23.1 Å². The zero-order chi connectivity index (χ0) is 13.2. The minimum atomic E-state index is -0.861. The average molecular weight is 259 g/mol. The molecule has 0 saturated carbocycles. The van der Waals surface area contributed by atoms with Crippen LogP contribution < -0.4 is 16.8 Å². The van der Waals surface area contributed by atoms with Crippen molar-refractivity contribution in [1.82, 2.24) is 0 Å². The van der Waals surface area contributed by atoms with Crippen LogP contribution >= 0.6 is 11.6 Å². The van der Waals surface area contributed by atoms with E-state index >= 15 is 0 Å². The van der Waals surface area contributed by atoms with Gasteiger partial charge in [-0.2, -0.15) is 4.99 Å². The molecule has 17 heavy (non-hydrogen) atoms. The summed E-state index contributed by atoms with van der Waals surface area (Å²) in [6, 6.07) is 0.202. The first kappa shape index (κ1) is 12.9. The van der Waals surface area contributed by atoms with E-state index in [9.17, 15) is 15.0 Å². The average Bonchev–Trinajstić information content (AvgIpc) is 2.20. The van der Waals surface area contributed by atoms with Gasteiger partial charge in [0.25, 0.3) is 0 Å². The van der Waals surface area contributed by atoms with E-state index in [0.29, 0.717) is 0 Å². The molecule has 7 N–H and O–H groups in total. The predicted octanol–water partition coefficient (Wildman–Crippen LogP) is 0.865. The number of phenols is 2. The van der Waals surface area contributed by atoms with Crippen LogP contribution in [0.25, 0.3) is 0 Å². The molecule has 0 saturated heterocycles. The van der Waals surface area contributed by atoms with Crippen molar-refractivity contribution < 1.29 is 15.0 Å². The standard InChI is InChI=1S/C9H11ClN4O3/c1-3-4(15)2-5(16)6(10)7(3)13-9(17)14-8(11)12/h2,15-16H,1H3,(H5,11,12,13,14,17). The Labute approximate surface area is 102 Å². The highest BCUT2D eigenvalue weighted by atomic mass is 35.5. The summed E-state index contributed by atoms with van der Waals surface area (Å²) >= 11 is 5.76. The van der Waals surface area contributed by atoms with E-state index in [0.717, 1.165) is 6.07 Å². The normalized spacial score (nSPS) is 9.76. The van der Waals surface area contributed by atoms with Gasteiger partial charge in [0.2, 0.25) is 0 Å². The number of anilines is 1. The second-order valence-electron chi connectivity index (χ2n) is 3.20. The third kappa shape index (κ3) is 2.91. The lowest BCUT2D eigenvalue weighted by atomic mass is 10.1. The summed E-state index contributed by atoms with van der Waals surface area (Å²) < 4.78 is 0. The lowest BCUT2D eigenvalue weighted by Crippen LogP contribution is -2.25. The van der Waals surface area contributed by atoms with E-state index in [2.05, 4.69) is 10.3 Å². The fourth-order valence-electron chi connectivity index (χ4n) is 1.12. The first-order valence-electron chi connectivity index (χ1n) is 4.44. The van der Waals surface area contributed by atoms with E-state index in [1.807, 2.05) is 0 Å². The predicted molar refractivity (Wildman–Crippen MR) is 64.3 cm³/mol. The molecule has 0 fully saturated rings. The second kappa shape index (κ2) is 4.79. The monoisotopic (exact) mass is 258 g/mol. The molecule has 2 amide bonds. The van der Waals surface area contributed by atoms with E-state index in [1.54, 1.807) is 0 Å². The summed E-state index contributed by atoms with van der Waals surface area (Å²) in [7, 11) is 0. The Balaban J connectivity index is 3.15. The zero-order valence-electron chi connectivity index (χ0n) is 8.86. The number of nitrogens with zero attached hydrogens (tertiary/aromatic N) is 1. The van der Waals surface area contributed by atoms with Crippen LogP contribution in [0.15, 0.2) is 11.1 Å². The number of phenolic OH excluding ortho intramolecular Hbond substituents is 2. The van der Waals surface area contributed by atoms with Crippen LogP contribution in [-0.4, -0.2) is 22.2 Å².